The Balaban J connectivity index is 2.24. The van der Waals surface area contributed by atoms with Gasteiger partial charge in [0.25, 0.3) is 0 Å². The third kappa shape index (κ3) is 3.49. The molecule has 2 rings (SSSR count). The van der Waals surface area contributed by atoms with Crippen LogP contribution < -0.4 is 5.32 Å². The Morgan fingerprint density at radius 3 is 3.05 bits per heavy atom. The first kappa shape index (κ1) is 14.4. The molecule has 4 nitrogen and oxygen atoms in total. The highest BCUT2D eigenvalue weighted by Crippen LogP contribution is 2.25. The van der Waals surface area contributed by atoms with Crippen molar-refractivity contribution in [3.05, 3.63) is 30.1 Å². The average molecular weight is 279 g/mol. The Kier molecular flexibility index (Phi) is 5.24. The summed E-state index contributed by atoms with van der Waals surface area (Å²) in [4.78, 5) is 4.68. The normalized spacial score (nSPS) is 13.0. The number of nitrogens with zero attached hydrogens (tertiary/aromatic N) is 2. The van der Waals surface area contributed by atoms with Gasteiger partial charge < -0.3 is 14.8 Å². The maximum absolute atomic E-state index is 9.11. The summed E-state index contributed by atoms with van der Waals surface area (Å²) in [5.41, 5.74) is 2.18. The van der Waals surface area contributed by atoms with Crippen LogP contribution in [0.3, 0.4) is 0 Å². The first-order chi connectivity index (χ1) is 9.26. The Bertz CT molecular complexity index is 526. The lowest BCUT2D eigenvalue weighted by molar-refractivity contribution is 0.250. The summed E-state index contributed by atoms with van der Waals surface area (Å²) in [6, 6.07) is 6.05. The largest absolute Gasteiger partial charge is 0.396 e. The molecular weight excluding hydrogens is 258 g/mol. The summed E-state index contributed by atoms with van der Waals surface area (Å²) in [7, 11) is 0. The first-order valence-corrected chi connectivity index (χ1v) is 7.65. The first-order valence-electron chi connectivity index (χ1n) is 6.66. The van der Waals surface area contributed by atoms with Crippen molar-refractivity contribution in [1.29, 1.82) is 0 Å². The second-order valence-corrected chi connectivity index (χ2v) is 5.68. The number of thioether (sulfide) groups is 1. The number of aromatic nitrogens is 2. The Morgan fingerprint density at radius 2 is 2.32 bits per heavy atom. The van der Waals surface area contributed by atoms with E-state index in [-0.39, 0.29) is 6.61 Å². The molecule has 104 valence electrons. The van der Waals surface area contributed by atoms with Gasteiger partial charge in [0, 0.05) is 25.1 Å². The van der Waals surface area contributed by atoms with E-state index in [4.69, 9.17) is 5.11 Å². The van der Waals surface area contributed by atoms with Crippen molar-refractivity contribution in [2.24, 2.45) is 5.92 Å². The fourth-order valence-corrected chi connectivity index (χ4v) is 2.86. The van der Waals surface area contributed by atoms with Gasteiger partial charge in [0.1, 0.15) is 10.7 Å². The van der Waals surface area contributed by atoms with E-state index in [1.54, 1.807) is 11.8 Å². The zero-order chi connectivity index (χ0) is 13.7. The van der Waals surface area contributed by atoms with Crippen LogP contribution in [0.2, 0.25) is 0 Å². The van der Waals surface area contributed by atoms with Crippen molar-refractivity contribution >= 4 is 17.4 Å². The lowest BCUT2D eigenvalue weighted by atomic mass is 10.2. The number of hydrogen-bond donors (Lipinski definition) is 2. The highest BCUT2D eigenvalue weighted by Gasteiger charge is 2.13. The molecule has 1 atom stereocenters. The predicted octanol–water partition coefficient (Wildman–Crippen LogP) is 2.16. The fraction of sp³-hybridized carbons (Fsp3) is 0.500. The van der Waals surface area contributed by atoms with E-state index >= 15 is 0 Å². The molecule has 0 amide bonds. The quantitative estimate of drug-likeness (QED) is 0.763. The summed E-state index contributed by atoms with van der Waals surface area (Å²) >= 11 is 1.72. The van der Waals surface area contributed by atoms with E-state index in [0.29, 0.717) is 5.92 Å². The number of imidazole rings is 1. The van der Waals surface area contributed by atoms with Crippen LogP contribution in [-0.2, 0) is 6.54 Å². The van der Waals surface area contributed by atoms with Crippen molar-refractivity contribution in [3.63, 3.8) is 0 Å². The number of nitrogens with one attached hydrogen (secondary N) is 1. The molecular formula is C14H21N3OS. The third-order valence-corrected chi connectivity index (χ3v) is 4.29. The number of pyridine rings is 1. The molecule has 0 aliphatic carbocycles. The smallest absolute Gasteiger partial charge is 0.138 e. The topological polar surface area (TPSA) is 49.6 Å². The number of aliphatic hydroxyl groups is 1. The molecule has 0 aliphatic rings. The minimum absolute atomic E-state index is 0.225. The van der Waals surface area contributed by atoms with Gasteiger partial charge >= 0.3 is 0 Å². The van der Waals surface area contributed by atoms with Crippen LogP contribution in [-0.4, -0.2) is 33.4 Å². The van der Waals surface area contributed by atoms with Crippen molar-refractivity contribution in [1.82, 2.24) is 14.7 Å². The summed E-state index contributed by atoms with van der Waals surface area (Å²) in [6.45, 7) is 6.13. The summed E-state index contributed by atoms with van der Waals surface area (Å²) in [6.07, 6.45) is 2.05. The maximum Gasteiger partial charge on any atom is 0.138 e. The standard InChI is InChI=1S/C14H21N3OS/c1-3-15-8-12-14(19-10-11(2)9-18)16-13-6-4-5-7-17(12)13/h4-7,11,15,18H,3,8-10H2,1-2H3. The Morgan fingerprint density at radius 1 is 1.47 bits per heavy atom. The van der Waals surface area contributed by atoms with Crippen molar-refractivity contribution in [2.45, 2.75) is 25.4 Å². The molecule has 2 aromatic heterocycles. The van der Waals surface area contributed by atoms with Gasteiger partial charge in [-0.15, -0.1) is 11.8 Å². The second-order valence-electron chi connectivity index (χ2n) is 4.67. The van der Waals surface area contributed by atoms with Gasteiger partial charge in [0.15, 0.2) is 0 Å². The molecule has 1 unspecified atom stereocenters. The van der Waals surface area contributed by atoms with E-state index < -0.39 is 0 Å². The van der Waals surface area contributed by atoms with Gasteiger partial charge in [-0.3, -0.25) is 0 Å². The lowest BCUT2D eigenvalue weighted by Crippen LogP contribution is -2.14. The zero-order valence-electron chi connectivity index (χ0n) is 11.5. The van der Waals surface area contributed by atoms with Crippen LogP contribution in [0, 0.1) is 5.92 Å². The highest BCUT2D eigenvalue weighted by molar-refractivity contribution is 7.99. The maximum atomic E-state index is 9.11. The second kappa shape index (κ2) is 6.93. The number of fused-ring (bicyclic) bond motifs is 1. The van der Waals surface area contributed by atoms with E-state index in [0.717, 1.165) is 29.5 Å². The molecule has 5 heteroatoms. The van der Waals surface area contributed by atoms with Gasteiger partial charge in [0.2, 0.25) is 0 Å². The molecule has 2 aromatic rings. The molecule has 0 saturated heterocycles. The zero-order valence-corrected chi connectivity index (χ0v) is 12.3. The van der Waals surface area contributed by atoms with Crippen LogP contribution in [0.4, 0.5) is 0 Å². The van der Waals surface area contributed by atoms with Gasteiger partial charge in [-0.1, -0.05) is 19.9 Å². The lowest BCUT2D eigenvalue weighted by Gasteiger charge is -2.08. The van der Waals surface area contributed by atoms with E-state index in [1.165, 1.54) is 5.69 Å². The van der Waals surface area contributed by atoms with Crippen molar-refractivity contribution in [2.75, 3.05) is 18.9 Å². The molecule has 2 heterocycles. The molecule has 0 bridgehead atoms. The highest BCUT2D eigenvalue weighted by atomic mass is 32.2. The molecule has 0 radical (unpaired) electrons. The van der Waals surface area contributed by atoms with Crippen LogP contribution >= 0.6 is 11.8 Å². The summed E-state index contributed by atoms with van der Waals surface area (Å²) < 4.78 is 2.13. The number of hydrogen-bond acceptors (Lipinski definition) is 4. The van der Waals surface area contributed by atoms with E-state index in [2.05, 4.69) is 27.8 Å². The van der Waals surface area contributed by atoms with Crippen LogP contribution in [0.1, 0.15) is 19.5 Å². The van der Waals surface area contributed by atoms with Gasteiger partial charge in [-0.2, -0.15) is 0 Å². The molecule has 0 fully saturated rings. The molecule has 0 aromatic carbocycles. The van der Waals surface area contributed by atoms with E-state index in [1.807, 2.05) is 25.1 Å². The average Bonchev–Trinajstić information content (AvgIpc) is 2.80. The summed E-state index contributed by atoms with van der Waals surface area (Å²) in [5.74, 6) is 1.18. The third-order valence-electron chi connectivity index (χ3n) is 2.95. The van der Waals surface area contributed by atoms with Crippen LogP contribution in [0.5, 0.6) is 0 Å². The molecule has 0 spiro atoms. The van der Waals surface area contributed by atoms with E-state index in [9.17, 15) is 0 Å². The predicted molar refractivity (Wildman–Crippen MR) is 79.5 cm³/mol. The van der Waals surface area contributed by atoms with Crippen LogP contribution in [0.25, 0.3) is 5.65 Å². The molecule has 0 aliphatic heterocycles. The monoisotopic (exact) mass is 279 g/mol. The Labute approximate surface area is 118 Å². The number of rotatable bonds is 7. The van der Waals surface area contributed by atoms with Gasteiger partial charge in [-0.25, -0.2) is 4.98 Å². The van der Waals surface area contributed by atoms with Crippen molar-refractivity contribution in [3.8, 4) is 0 Å². The van der Waals surface area contributed by atoms with Crippen molar-refractivity contribution < 1.29 is 5.11 Å². The molecule has 2 N–H and O–H groups in total. The fourth-order valence-electron chi connectivity index (χ4n) is 1.82. The van der Waals surface area contributed by atoms with Gasteiger partial charge in [-0.05, 0) is 24.6 Å². The number of aliphatic hydroxyl groups excluding tert-OH is 1. The van der Waals surface area contributed by atoms with Crippen LogP contribution in [0.15, 0.2) is 29.4 Å². The summed E-state index contributed by atoms with van der Waals surface area (Å²) in [5, 5.41) is 13.5. The van der Waals surface area contributed by atoms with Gasteiger partial charge in [0.05, 0.1) is 5.69 Å². The minimum Gasteiger partial charge on any atom is -0.396 e. The molecule has 19 heavy (non-hydrogen) atoms. The Hall–Kier alpha value is -1.04. The minimum atomic E-state index is 0.225. The molecule has 0 saturated carbocycles. The SMILES string of the molecule is CCNCc1c(SCC(C)CO)nc2ccccn12.